The molecule has 1 aromatic rings. The van der Waals surface area contributed by atoms with Gasteiger partial charge in [-0.25, -0.2) is 0 Å². The van der Waals surface area contributed by atoms with Gasteiger partial charge in [0.05, 0.1) is 13.2 Å². The van der Waals surface area contributed by atoms with Gasteiger partial charge in [0, 0.05) is 31.2 Å². The van der Waals surface area contributed by atoms with Gasteiger partial charge in [-0.15, -0.1) is 24.8 Å². The van der Waals surface area contributed by atoms with E-state index in [0.717, 1.165) is 77.3 Å². The lowest BCUT2D eigenvalue weighted by molar-refractivity contribution is -0.118. The number of hydrogen-bond acceptors (Lipinski definition) is 4. The molecule has 1 aromatic carbocycles. The minimum absolute atomic E-state index is 0. The lowest BCUT2D eigenvalue weighted by Gasteiger charge is -2.26. The second-order valence-corrected chi connectivity index (χ2v) is 7.76. The number of piperidine rings is 1. The third-order valence-corrected chi connectivity index (χ3v) is 6.15. The van der Waals surface area contributed by atoms with Crippen molar-refractivity contribution in [2.75, 3.05) is 51.3 Å². The molecule has 1 spiro atoms. The van der Waals surface area contributed by atoms with Crippen LogP contribution >= 0.6 is 24.8 Å². The van der Waals surface area contributed by atoms with Crippen molar-refractivity contribution in [1.29, 1.82) is 0 Å². The number of rotatable bonds is 5. The highest BCUT2D eigenvalue weighted by molar-refractivity contribution is 5.95. The van der Waals surface area contributed by atoms with Crippen LogP contribution in [0.1, 0.15) is 24.8 Å². The average molecular weight is 416 g/mol. The van der Waals surface area contributed by atoms with Crippen LogP contribution in [-0.4, -0.2) is 56.7 Å². The summed E-state index contributed by atoms with van der Waals surface area (Å²) in [6.45, 7) is 6.96. The SMILES string of the molecule is Cl.Cl.O=C(Nc1ccc(CCN2CCOCC2)cc1)C1CC12CCNCC2. The van der Waals surface area contributed by atoms with E-state index in [-0.39, 0.29) is 36.6 Å². The molecule has 27 heavy (non-hydrogen) atoms. The summed E-state index contributed by atoms with van der Waals surface area (Å²) < 4.78 is 5.39. The van der Waals surface area contributed by atoms with Crippen LogP contribution in [0, 0.1) is 11.3 Å². The third-order valence-electron chi connectivity index (χ3n) is 6.15. The van der Waals surface area contributed by atoms with Gasteiger partial charge in [0.15, 0.2) is 0 Å². The first-order chi connectivity index (χ1) is 12.3. The van der Waals surface area contributed by atoms with Gasteiger partial charge in [0.1, 0.15) is 0 Å². The summed E-state index contributed by atoms with van der Waals surface area (Å²) in [6.07, 6.45) is 4.40. The van der Waals surface area contributed by atoms with E-state index in [9.17, 15) is 4.79 Å². The van der Waals surface area contributed by atoms with Crippen LogP contribution in [0.4, 0.5) is 5.69 Å². The predicted molar refractivity (Wildman–Crippen MR) is 113 cm³/mol. The Balaban J connectivity index is 0.00000131. The van der Waals surface area contributed by atoms with E-state index in [1.54, 1.807) is 0 Å². The van der Waals surface area contributed by atoms with Crippen LogP contribution in [0.3, 0.4) is 0 Å². The van der Waals surface area contributed by atoms with Gasteiger partial charge in [-0.1, -0.05) is 12.1 Å². The number of nitrogens with zero attached hydrogens (tertiary/aromatic N) is 1. The smallest absolute Gasteiger partial charge is 0.228 e. The first-order valence-electron chi connectivity index (χ1n) is 9.66. The van der Waals surface area contributed by atoms with Crippen LogP contribution in [0.2, 0.25) is 0 Å². The molecule has 3 aliphatic rings. The highest BCUT2D eigenvalue weighted by Gasteiger charge is 2.57. The van der Waals surface area contributed by atoms with Crippen LogP contribution in [0.15, 0.2) is 24.3 Å². The fraction of sp³-hybridized carbons (Fsp3) is 0.650. The molecule has 5 nitrogen and oxygen atoms in total. The van der Waals surface area contributed by atoms with Gasteiger partial charge in [-0.2, -0.15) is 0 Å². The topological polar surface area (TPSA) is 53.6 Å². The Hall–Kier alpha value is -0.850. The molecule has 4 rings (SSSR count). The quantitative estimate of drug-likeness (QED) is 0.775. The second kappa shape index (κ2) is 10.1. The number of halogens is 2. The van der Waals surface area contributed by atoms with Crippen molar-refractivity contribution < 1.29 is 9.53 Å². The average Bonchev–Trinajstić information content (AvgIpc) is 3.35. The molecule has 1 saturated carbocycles. The summed E-state index contributed by atoms with van der Waals surface area (Å²) in [5, 5.41) is 6.51. The van der Waals surface area contributed by atoms with Gasteiger partial charge in [0.25, 0.3) is 0 Å². The fourth-order valence-corrected chi connectivity index (χ4v) is 4.29. The first kappa shape index (κ1) is 22.4. The van der Waals surface area contributed by atoms with Crippen molar-refractivity contribution in [3.63, 3.8) is 0 Å². The summed E-state index contributed by atoms with van der Waals surface area (Å²) in [7, 11) is 0. The molecule has 152 valence electrons. The van der Waals surface area contributed by atoms with Gasteiger partial charge in [0.2, 0.25) is 5.91 Å². The Bertz CT molecular complexity index is 600. The lowest BCUT2D eigenvalue weighted by Crippen LogP contribution is -2.37. The molecular formula is C20H31Cl2N3O2. The first-order valence-corrected chi connectivity index (χ1v) is 9.66. The van der Waals surface area contributed by atoms with E-state index in [1.807, 2.05) is 12.1 Å². The Kier molecular flexibility index (Phi) is 8.38. The number of amides is 1. The van der Waals surface area contributed by atoms with Crippen molar-refractivity contribution in [3.8, 4) is 0 Å². The van der Waals surface area contributed by atoms with Crippen LogP contribution in [0.25, 0.3) is 0 Å². The molecule has 0 aromatic heterocycles. The Morgan fingerprint density at radius 2 is 1.81 bits per heavy atom. The Labute approximate surface area is 174 Å². The number of carbonyl (C=O) groups excluding carboxylic acids is 1. The van der Waals surface area contributed by atoms with E-state index >= 15 is 0 Å². The molecule has 1 aliphatic carbocycles. The van der Waals surface area contributed by atoms with E-state index in [2.05, 4.69) is 27.7 Å². The van der Waals surface area contributed by atoms with Crippen molar-refractivity contribution in [2.45, 2.75) is 25.7 Å². The normalized spacial score (nSPS) is 23.8. The zero-order valence-electron chi connectivity index (χ0n) is 15.7. The molecule has 2 N–H and O–H groups in total. The minimum Gasteiger partial charge on any atom is -0.379 e. The molecule has 0 bridgehead atoms. The molecule has 3 fully saturated rings. The highest BCUT2D eigenvalue weighted by atomic mass is 35.5. The van der Waals surface area contributed by atoms with Crippen molar-refractivity contribution in [3.05, 3.63) is 29.8 Å². The van der Waals surface area contributed by atoms with Crippen molar-refractivity contribution in [2.24, 2.45) is 11.3 Å². The molecule has 1 unspecified atom stereocenters. The number of benzene rings is 1. The summed E-state index contributed by atoms with van der Waals surface area (Å²) in [5.74, 6) is 0.429. The molecule has 7 heteroatoms. The number of hydrogen-bond donors (Lipinski definition) is 2. The minimum atomic E-state index is 0. The molecule has 2 saturated heterocycles. The van der Waals surface area contributed by atoms with Crippen molar-refractivity contribution in [1.82, 2.24) is 10.2 Å². The molecule has 1 atom stereocenters. The third kappa shape index (κ3) is 5.58. The van der Waals surface area contributed by atoms with Gasteiger partial charge in [-0.3, -0.25) is 9.69 Å². The largest absolute Gasteiger partial charge is 0.379 e. The van der Waals surface area contributed by atoms with E-state index in [0.29, 0.717) is 5.41 Å². The molecular weight excluding hydrogens is 385 g/mol. The number of ether oxygens (including phenoxy) is 1. The monoisotopic (exact) mass is 415 g/mol. The zero-order chi connectivity index (χ0) is 17.1. The van der Waals surface area contributed by atoms with Gasteiger partial charge < -0.3 is 15.4 Å². The predicted octanol–water partition coefficient (Wildman–Crippen LogP) is 2.73. The zero-order valence-corrected chi connectivity index (χ0v) is 17.4. The summed E-state index contributed by atoms with van der Waals surface area (Å²) >= 11 is 0. The standard InChI is InChI=1S/C20H29N3O2.2ClH/c24-19(18-15-20(18)6-8-21-9-7-20)22-17-3-1-16(2-4-17)5-10-23-11-13-25-14-12-23;;/h1-4,18,21H,5-15H2,(H,22,24);2*1H. The maximum Gasteiger partial charge on any atom is 0.228 e. The summed E-state index contributed by atoms with van der Waals surface area (Å²) in [4.78, 5) is 15.0. The van der Waals surface area contributed by atoms with Gasteiger partial charge in [-0.05, 0) is 61.9 Å². The maximum atomic E-state index is 12.5. The molecule has 2 heterocycles. The number of morpholine rings is 1. The molecule has 2 aliphatic heterocycles. The van der Waals surface area contributed by atoms with Crippen LogP contribution in [0.5, 0.6) is 0 Å². The summed E-state index contributed by atoms with van der Waals surface area (Å²) in [6, 6.07) is 8.38. The maximum absolute atomic E-state index is 12.5. The van der Waals surface area contributed by atoms with E-state index in [4.69, 9.17) is 4.74 Å². The number of carbonyl (C=O) groups is 1. The van der Waals surface area contributed by atoms with Crippen LogP contribution in [-0.2, 0) is 16.0 Å². The number of anilines is 1. The van der Waals surface area contributed by atoms with E-state index in [1.165, 1.54) is 5.56 Å². The molecule has 0 radical (unpaired) electrons. The molecule has 1 amide bonds. The van der Waals surface area contributed by atoms with Crippen LogP contribution < -0.4 is 10.6 Å². The van der Waals surface area contributed by atoms with E-state index < -0.39 is 0 Å². The second-order valence-electron chi connectivity index (χ2n) is 7.76. The lowest BCUT2D eigenvalue weighted by atomic mass is 9.92. The number of nitrogens with one attached hydrogen (secondary N) is 2. The summed E-state index contributed by atoms with van der Waals surface area (Å²) in [5.41, 5.74) is 2.55. The Morgan fingerprint density at radius 3 is 2.48 bits per heavy atom. The van der Waals surface area contributed by atoms with Gasteiger partial charge >= 0.3 is 0 Å². The van der Waals surface area contributed by atoms with Crippen molar-refractivity contribution >= 4 is 36.4 Å². The Morgan fingerprint density at radius 1 is 1.15 bits per heavy atom. The highest BCUT2D eigenvalue weighted by Crippen LogP contribution is 2.58. The fourth-order valence-electron chi connectivity index (χ4n) is 4.29.